The normalized spacial score (nSPS) is 10.9. The number of nitrogens with zero attached hydrogens (tertiary/aromatic N) is 2. The number of hydrogen-bond acceptors (Lipinski definition) is 4. The van der Waals surface area contributed by atoms with E-state index in [4.69, 9.17) is 4.74 Å². The molecule has 2 rings (SSSR count). The highest BCUT2D eigenvalue weighted by Gasteiger charge is 2.11. The van der Waals surface area contributed by atoms with E-state index < -0.39 is 5.97 Å². The van der Waals surface area contributed by atoms with E-state index in [9.17, 15) is 4.79 Å². The third-order valence-corrected chi connectivity index (χ3v) is 1.88. The molecule has 2 aromatic heterocycles. The molecule has 5 heteroatoms. The second-order valence-corrected chi connectivity index (χ2v) is 3.48. The van der Waals surface area contributed by atoms with Crippen molar-refractivity contribution in [1.29, 1.82) is 0 Å². The van der Waals surface area contributed by atoms with Crippen molar-refractivity contribution in [3.63, 3.8) is 0 Å². The number of rotatable bonds is 2. The minimum absolute atomic E-state index is 0.142. The average Bonchev–Trinajstić information content (AvgIpc) is 2.62. The van der Waals surface area contributed by atoms with Gasteiger partial charge in [-0.1, -0.05) is 0 Å². The highest BCUT2D eigenvalue weighted by molar-refractivity contribution is 5.91. The van der Waals surface area contributed by atoms with Crippen LogP contribution in [0.25, 0.3) is 10.9 Å². The van der Waals surface area contributed by atoms with E-state index in [0.29, 0.717) is 5.69 Å². The van der Waals surface area contributed by atoms with Crippen LogP contribution in [-0.2, 0) is 4.74 Å². The molecule has 0 aliphatic rings. The van der Waals surface area contributed by atoms with E-state index in [1.54, 1.807) is 32.3 Å². The van der Waals surface area contributed by atoms with Crippen molar-refractivity contribution < 1.29 is 9.53 Å². The third-order valence-electron chi connectivity index (χ3n) is 1.88. The molecule has 0 amide bonds. The predicted octanol–water partition coefficient (Wildman–Crippen LogP) is 1.52. The molecule has 0 aliphatic carbocycles. The fraction of sp³-hybridized carbons (Fsp3) is 0.300. The van der Waals surface area contributed by atoms with Crippen LogP contribution in [0.4, 0.5) is 0 Å². The van der Waals surface area contributed by atoms with Gasteiger partial charge < -0.3 is 4.74 Å². The first-order chi connectivity index (χ1) is 7.16. The summed E-state index contributed by atoms with van der Waals surface area (Å²) in [5, 5.41) is 7.49. The maximum absolute atomic E-state index is 11.5. The summed E-state index contributed by atoms with van der Waals surface area (Å²) >= 11 is 0. The van der Waals surface area contributed by atoms with Crippen LogP contribution in [0, 0.1) is 0 Å². The first-order valence-corrected chi connectivity index (χ1v) is 4.67. The molecule has 2 aromatic rings. The Hall–Kier alpha value is -1.91. The van der Waals surface area contributed by atoms with E-state index in [2.05, 4.69) is 15.2 Å². The minimum atomic E-state index is -0.415. The summed E-state index contributed by atoms with van der Waals surface area (Å²) in [6, 6.07) is 1.63. The van der Waals surface area contributed by atoms with Crippen molar-refractivity contribution in [1.82, 2.24) is 15.2 Å². The molecule has 0 unspecified atom stereocenters. The second kappa shape index (κ2) is 3.68. The van der Waals surface area contributed by atoms with Gasteiger partial charge in [0.2, 0.25) is 0 Å². The summed E-state index contributed by atoms with van der Waals surface area (Å²) in [5.74, 6) is -0.415. The predicted molar refractivity (Wildman–Crippen MR) is 54.4 cm³/mol. The molecule has 0 bridgehead atoms. The Morgan fingerprint density at radius 2 is 2.27 bits per heavy atom. The monoisotopic (exact) mass is 205 g/mol. The third kappa shape index (κ3) is 1.96. The lowest BCUT2D eigenvalue weighted by Crippen LogP contribution is -2.12. The zero-order chi connectivity index (χ0) is 10.8. The van der Waals surface area contributed by atoms with E-state index in [1.807, 2.05) is 0 Å². The van der Waals surface area contributed by atoms with Crippen molar-refractivity contribution in [2.24, 2.45) is 0 Å². The molecule has 1 N–H and O–H groups in total. The number of nitrogens with one attached hydrogen (secondary N) is 1. The van der Waals surface area contributed by atoms with Gasteiger partial charge in [-0.3, -0.25) is 5.10 Å². The smallest absolute Gasteiger partial charge is 0.357 e. The van der Waals surface area contributed by atoms with Crippen molar-refractivity contribution in [2.75, 3.05) is 0 Å². The second-order valence-electron chi connectivity index (χ2n) is 3.48. The highest BCUT2D eigenvalue weighted by Crippen LogP contribution is 2.11. The van der Waals surface area contributed by atoms with Crippen LogP contribution in [0.15, 0.2) is 18.5 Å². The van der Waals surface area contributed by atoms with Crippen molar-refractivity contribution in [2.45, 2.75) is 20.0 Å². The molecule has 0 saturated carbocycles. The quantitative estimate of drug-likeness (QED) is 0.755. The van der Waals surface area contributed by atoms with Gasteiger partial charge in [0, 0.05) is 11.6 Å². The first-order valence-electron chi connectivity index (χ1n) is 4.67. The van der Waals surface area contributed by atoms with Gasteiger partial charge in [-0.05, 0) is 19.9 Å². The summed E-state index contributed by atoms with van der Waals surface area (Å²) in [6.07, 6.45) is 3.10. The zero-order valence-electron chi connectivity index (χ0n) is 8.52. The fourth-order valence-electron chi connectivity index (χ4n) is 1.22. The Kier molecular flexibility index (Phi) is 2.37. The molecule has 5 nitrogen and oxygen atoms in total. The van der Waals surface area contributed by atoms with Gasteiger partial charge >= 0.3 is 5.97 Å². The maximum atomic E-state index is 11.5. The molecule has 2 heterocycles. The number of hydrogen-bond donors (Lipinski definition) is 1. The topological polar surface area (TPSA) is 67.9 Å². The number of ether oxygens (including phenoxy) is 1. The van der Waals surface area contributed by atoms with Gasteiger partial charge in [-0.15, -0.1) is 0 Å². The number of H-pyrrole nitrogens is 1. The van der Waals surface area contributed by atoms with Crippen LogP contribution in [0.3, 0.4) is 0 Å². The van der Waals surface area contributed by atoms with E-state index in [-0.39, 0.29) is 6.10 Å². The molecule has 0 radical (unpaired) electrons. The van der Waals surface area contributed by atoms with Crippen LogP contribution in [0.2, 0.25) is 0 Å². The van der Waals surface area contributed by atoms with Crippen LogP contribution in [0.1, 0.15) is 24.3 Å². The number of esters is 1. The summed E-state index contributed by atoms with van der Waals surface area (Å²) in [7, 11) is 0. The van der Waals surface area contributed by atoms with Crippen LogP contribution < -0.4 is 0 Å². The highest BCUT2D eigenvalue weighted by atomic mass is 16.5. The average molecular weight is 205 g/mol. The van der Waals surface area contributed by atoms with E-state index in [0.717, 1.165) is 10.9 Å². The Bertz CT molecular complexity index is 490. The molecular formula is C10H11N3O2. The lowest BCUT2D eigenvalue weighted by Gasteiger charge is -2.06. The molecule has 0 atom stereocenters. The van der Waals surface area contributed by atoms with Crippen LogP contribution in [-0.4, -0.2) is 27.3 Å². The van der Waals surface area contributed by atoms with Gasteiger partial charge in [-0.25, -0.2) is 9.78 Å². The zero-order valence-corrected chi connectivity index (χ0v) is 8.52. The van der Waals surface area contributed by atoms with E-state index >= 15 is 0 Å². The first kappa shape index (κ1) is 9.64. The van der Waals surface area contributed by atoms with Crippen molar-refractivity contribution in [3.05, 3.63) is 24.2 Å². The van der Waals surface area contributed by atoms with Gasteiger partial charge in [0.05, 0.1) is 17.8 Å². The molecule has 0 aromatic carbocycles. The Morgan fingerprint density at radius 3 is 3.00 bits per heavy atom. The fourth-order valence-corrected chi connectivity index (χ4v) is 1.22. The van der Waals surface area contributed by atoms with Crippen molar-refractivity contribution >= 4 is 16.9 Å². The minimum Gasteiger partial charge on any atom is -0.458 e. The maximum Gasteiger partial charge on any atom is 0.357 e. The molecule has 15 heavy (non-hydrogen) atoms. The van der Waals surface area contributed by atoms with Gasteiger partial charge in [0.1, 0.15) is 0 Å². The van der Waals surface area contributed by atoms with Crippen LogP contribution >= 0.6 is 0 Å². The van der Waals surface area contributed by atoms with Crippen LogP contribution in [0.5, 0.6) is 0 Å². The van der Waals surface area contributed by atoms with Gasteiger partial charge in [0.25, 0.3) is 0 Å². The number of fused-ring (bicyclic) bond motifs is 1. The summed E-state index contributed by atoms with van der Waals surface area (Å²) in [5.41, 5.74) is 1.07. The summed E-state index contributed by atoms with van der Waals surface area (Å²) in [6.45, 7) is 3.60. The molecule has 0 spiro atoms. The Labute approximate surface area is 86.5 Å². The largest absolute Gasteiger partial charge is 0.458 e. The summed E-state index contributed by atoms with van der Waals surface area (Å²) in [4.78, 5) is 15.5. The molecule has 0 saturated heterocycles. The molecule has 0 fully saturated rings. The number of carbonyl (C=O) groups excluding carboxylic acids is 1. The number of aromatic amines is 1. The summed E-state index contributed by atoms with van der Waals surface area (Å²) < 4.78 is 5.03. The number of carbonyl (C=O) groups is 1. The van der Waals surface area contributed by atoms with Gasteiger partial charge in [-0.2, -0.15) is 5.10 Å². The number of aromatic nitrogens is 3. The molecule has 0 aliphatic heterocycles. The molecule has 78 valence electrons. The Balaban J connectivity index is 2.31. The van der Waals surface area contributed by atoms with Gasteiger partial charge in [0.15, 0.2) is 5.69 Å². The molecular weight excluding hydrogens is 194 g/mol. The Morgan fingerprint density at radius 1 is 1.47 bits per heavy atom. The van der Waals surface area contributed by atoms with E-state index in [1.165, 1.54) is 0 Å². The SMILES string of the molecule is CC(C)OC(=O)c1cc2[nH]ncc2cn1. The number of pyridine rings is 1. The standard InChI is InChI=1S/C10H11N3O2/c1-6(2)15-10(14)9-3-8-7(4-11-9)5-12-13-8/h3-6H,1-2H3,(H,12,13). The lowest BCUT2D eigenvalue weighted by molar-refractivity contribution is 0.0371. The van der Waals surface area contributed by atoms with Crippen molar-refractivity contribution in [3.8, 4) is 0 Å². The lowest BCUT2D eigenvalue weighted by atomic mass is 10.3.